The van der Waals surface area contributed by atoms with Crippen molar-refractivity contribution < 1.29 is 0 Å². The van der Waals surface area contributed by atoms with Crippen LogP contribution in [0.4, 0.5) is 0 Å². The SMILES string of the molecule is CCCC(C)CN1CC(C(C)C)NCC1C(C)CC. The summed E-state index contributed by atoms with van der Waals surface area (Å²) in [4.78, 5) is 2.79. The largest absolute Gasteiger partial charge is 0.311 e. The predicted molar refractivity (Wildman–Crippen MR) is 85.5 cm³/mol. The van der Waals surface area contributed by atoms with E-state index in [2.05, 4.69) is 51.8 Å². The highest BCUT2D eigenvalue weighted by Gasteiger charge is 2.32. The van der Waals surface area contributed by atoms with Crippen LogP contribution in [0.2, 0.25) is 0 Å². The van der Waals surface area contributed by atoms with Crippen molar-refractivity contribution in [3.05, 3.63) is 0 Å². The molecule has 1 aliphatic rings. The molecule has 0 aromatic carbocycles. The van der Waals surface area contributed by atoms with E-state index >= 15 is 0 Å². The molecule has 2 heteroatoms. The standard InChI is InChI=1S/C17H36N2/c1-7-9-14(5)11-19-12-16(13(3)4)18-10-17(19)15(6)8-2/h13-18H,7-12H2,1-6H3. The predicted octanol–water partition coefficient (Wildman–Crippen LogP) is 3.77. The Morgan fingerprint density at radius 2 is 1.84 bits per heavy atom. The Balaban J connectivity index is 2.64. The normalized spacial score (nSPS) is 28.6. The van der Waals surface area contributed by atoms with E-state index in [1.165, 1.54) is 38.9 Å². The van der Waals surface area contributed by atoms with Gasteiger partial charge in [0.1, 0.15) is 0 Å². The summed E-state index contributed by atoms with van der Waals surface area (Å²) in [7, 11) is 0. The molecule has 2 nitrogen and oxygen atoms in total. The van der Waals surface area contributed by atoms with Crippen LogP contribution in [-0.4, -0.2) is 36.6 Å². The summed E-state index contributed by atoms with van der Waals surface area (Å²) in [5.41, 5.74) is 0. The molecule has 0 aromatic heterocycles. The number of nitrogens with one attached hydrogen (secondary N) is 1. The van der Waals surface area contributed by atoms with Crippen LogP contribution in [0.5, 0.6) is 0 Å². The summed E-state index contributed by atoms with van der Waals surface area (Å²) >= 11 is 0. The summed E-state index contributed by atoms with van der Waals surface area (Å²) < 4.78 is 0. The zero-order chi connectivity index (χ0) is 14.4. The molecule has 1 aliphatic heterocycles. The first kappa shape index (κ1) is 17.0. The van der Waals surface area contributed by atoms with Gasteiger partial charge in [-0.3, -0.25) is 4.90 Å². The van der Waals surface area contributed by atoms with Crippen LogP contribution in [0.25, 0.3) is 0 Å². The lowest BCUT2D eigenvalue weighted by Crippen LogP contribution is -2.60. The highest BCUT2D eigenvalue weighted by Crippen LogP contribution is 2.22. The summed E-state index contributed by atoms with van der Waals surface area (Å²) in [5.74, 6) is 2.37. The fourth-order valence-corrected chi connectivity index (χ4v) is 3.33. The highest BCUT2D eigenvalue weighted by atomic mass is 15.2. The lowest BCUT2D eigenvalue weighted by Gasteiger charge is -2.45. The van der Waals surface area contributed by atoms with Gasteiger partial charge in [-0.1, -0.05) is 54.4 Å². The third kappa shape index (κ3) is 5.07. The van der Waals surface area contributed by atoms with Crippen molar-refractivity contribution in [2.75, 3.05) is 19.6 Å². The van der Waals surface area contributed by atoms with Gasteiger partial charge in [0, 0.05) is 31.7 Å². The molecule has 0 radical (unpaired) electrons. The van der Waals surface area contributed by atoms with Crippen molar-refractivity contribution in [3.8, 4) is 0 Å². The van der Waals surface area contributed by atoms with E-state index in [1.54, 1.807) is 0 Å². The molecule has 0 spiro atoms. The number of hydrogen-bond acceptors (Lipinski definition) is 2. The third-order valence-corrected chi connectivity index (χ3v) is 4.92. The molecule has 4 atom stereocenters. The molecule has 0 amide bonds. The van der Waals surface area contributed by atoms with Gasteiger partial charge in [-0.15, -0.1) is 0 Å². The Hall–Kier alpha value is -0.0800. The Labute approximate surface area is 121 Å². The second-order valence-corrected chi connectivity index (χ2v) is 7.06. The lowest BCUT2D eigenvalue weighted by atomic mass is 9.90. The molecule has 114 valence electrons. The molecule has 0 bridgehead atoms. The molecule has 0 aliphatic carbocycles. The van der Waals surface area contributed by atoms with Crippen LogP contribution in [0, 0.1) is 17.8 Å². The van der Waals surface area contributed by atoms with Crippen LogP contribution in [0.3, 0.4) is 0 Å². The van der Waals surface area contributed by atoms with Crippen LogP contribution in [0.15, 0.2) is 0 Å². The molecule has 1 N–H and O–H groups in total. The maximum absolute atomic E-state index is 3.78. The summed E-state index contributed by atoms with van der Waals surface area (Å²) in [6, 6.07) is 1.41. The van der Waals surface area contributed by atoms with E-state index in [9.17, 15) is 0 Å². The van der Waals surface area contributed by atoms with Crippen molar-refractivity contribution >= 4 is 0 Å². The van der Waals surface area contributed by atoms with Gasteiger partial charge < -0.3 is 5.32 Å². The second kappa shape index (κ2) is 8.26. The molecule has 0 aromatic rings. The van der Waals surface area contributed by atoms with E-state index in [0.717, 1.165) is 23.8 Å². The Bertz CT molecular complexity index is 239. The van der Waals surface area contributed by atoms with Crippen molar-refractivity contribution in [1.82, 2.24) is 10.2 Å². The summed E-state index contributed by atoms with van der Waals surface area (Å²) in [6.45, 7) is 17.8. The molecular weight excluding hydrogens is 232 g/mol. The highest BCUT2D eigenvalue weighted by molar-refractivity contribution is 4.90. The summed E-state index contributed by atoms with van der Waals surface area (Å²) in [5, 5.41) is 3.78. The van der Waals surface area contributed by atoms with Crippen LogP contribution >= 0.6 is 0 Å². The van der Waals surface area contributed by atoms with Crippen molar-refractivity contribution in [3.63, 3.8) is 0 Å². The average molecular weight is 268 g/mol. The number of rotatable bonds is 7. The molecule has 1 saturated heterocycles. The lowest BCUT2D eigenvalue weighted by molar-refractivity contribution is 0.0652. The number of piperazine rings is 1. The van der Waals surface area contributed by atoms with Gasteiger partial charge >= 0.3 is 0 Å². The van der Waals surface area contributed by atoms with Gasteiger partial charge in [-0.25, -0.2) is 0 Å². The Morgan fingerprint density at radius 1 is 1.16 bits per heavy atom. The second-order valence-electron chi connectivity index (χ2n) is 7.06. The van der Waals surface area contributed by atoms with E-state index in [1.807, 2.05) is 0 Å². The number of hydrogen-bond donors (Lipinski definition) is 1. The zero-order valence-electron chi connectivity index (χ0n) is 14.1. The third-order valence-electron chi connectivity index (χ3n) is 4.92. The Morgan fingerprint density at radius 3 is 2.37 bits per heavy atom. The summed E-state index contributed by atoms with van der Waals surface area (Å²) in [6.07, 6.45) is 3.97. The molecule has 1 rings (SSSR count). The van der Waals surface area contributed by atoms with E-state index in [4.69, 9.17) is 0 Å². The van der Waals surface area contributed by atoms with Gasteiger partial charge in [0.15, 0.2) is 0 Å². The minimum atomic E-state index is 0.675. The minimum absolute atomic E-state index is 0.675. The van der Waals surface area contributed by atoms with Crippen LogP contribution < -0.4 is 5.32 Å². The van der Waals surface area contributed by atoms with Gasteiger partial charge in [-0.2, -0.15) is 0 Å². The van der Waals surface area contributed by atoms with E-state index in [0.29, 0.717) is 6.04 Å². The van der Waals surface area contributed by atoms with Gasteiger partial charge in [0.05, 0.1) is 0 Å². The molecule has 4 unspecified atom stereocenters. The average Bonchev–Trinajstić information content (AvgIpc) is 2.37. The quantitative estimate of drug-likeness (QED) is 0.756. The topological polar surface area (TPSA) is 15.3 Å². The van der Waals surface area contributed by atoms with Gasteiger partial charge in [0.2, 0.25) is 0 Å². The number of nitrogens with zero attached hydrogens (tertiary/aromatic N) is 1. The monoisotopic (exact) mass is 268 g/mol. The zero-order valence-corrected chi connectivity index (χ0v) is 14.1. The molecule has 19 heavy (non-hydrogen) atoms. The van der Waals surface area contributed by atoms with Gasteiger partial charge in [0.25, 0.3) is 0 Å². The van der Waals surface area contributed by atoms with Crippen molar-refractivity contribution in [2.45, 2.75) is 72.9 Å². The van der Waals surface area contributed by atoms with E-state index < -0.39 is 0 Å². The molecule has 1 heterocycles. The molecule has 1 fully saturated rings. The van der Waals surface area contributed by atoms with E-state index in [-0.39, 0.29) is 0 Å². The maximum atomic E-state index is 3.78. The van der Waals surface area contributed by atoms with Gasteiger partial charge in [-0.05, 0) is 24.2 Å². The molecular formula is C17H36N2. The van der Waals surface area contributed by atoms with Crippen molar-refractivity contribution in [1.29, 1.82) is 0 Å². The maximum Gasteiger partial charge on any atom is 0.0247 e. The fourth-order valence-electron chi connectivity index (χ4n) is 3.33. The Kier molecular flexibility index (Phi) is 7.38. The fraction of sp³-hybridized carbons (Fsp3) is 1.00. The van der Waals surface area contributed by atoms with Crippen molar-refractivity contribution in [2.24, 2.45) is 17.8 Å². The molecule has 0 saturated carbocycles. The van der Waals surface area contributed by atoms with Crippen LogP contribution in [0.1, 0.15) is 60.8 Å². The van der Waals surface area contributed by atoms with Crippen LogP contribution in [-0.2, 0) is 0 Å². The first-order valence-corrected chi connectivity index (χ1v) is 8.46. The first-order chi connectivity index (χ1) is 8.99. The first-order valence-electron chi connectivity index (χ1n) is 8.46. The minimum Gasteiger partial charge on any atom is -0.311 e. The smallest absolute Gasteiger partial charge is 0.0247 e.